The van der Waals surface area contributed by atoms with Crippen LogP contribution in [0.1, 0.15) is 101 Å². The lowest BCUT2D eigenvalue weighted by atomic mass is 9.79. The largest absolute Gasteiger partial charge is 0.0654 e. The molecule has 350 valence electrons. The molecule has 11 aromatic rings. The quantitative estimate of drug-likeness (QED) is 0.0896. The molecule has 0 spiro atoms. The Balaban J connectivity index is 0.920. The van der Waals surface area contributed by atoms with E-state index in [1.165, 1.54) is 176 Å². The maximum absolute atomic E-state index is 2.52. The first-order chi connectivity index (χ1) is 35.2. The maximum atomic E-state index is 2.52. The Morgan fingerprint density at radius 2 is 0.611 bits per heavy atom. The summed E-state index contributed by atoms with van der Waals surface area (Å²) in [7, 11) is 0. The van der Waals surface area contributed by atoms with Crippen molar-refractivity contribution in [1.29, 1.82) is 0 Å². The fraction of sp³-hybridized carbons (Fsp3) is 0.194. The molecule has 0 saturated carbocycles. The van der Waals surface area contributed by atoms with Crippen molar-refractivity contribution in [3.05, 3.63) is 228 Å². The maximum Gasteiger partial charge on any atom is 0.0159 e. The molecule has 0 fully saturated rings. The van der Waals surface area contributed by atoms with E-state index in [1.807, 2.05) is 0 Å². The summed E-state index contributed by atoms with van der Waals surface area (Å²) in [5.74, 6) is 0. The number of aryl methyl sites for hydroxylation is 1. The minimum Gasteiger partial charge on any atom is -0.0654 e. The van der Waals surface area contributed by atoms with Crippen molar-refractivity contribution in [2.75, 3.05) is 0 Å². The topological polar surface area (TPSA) is 0 Å². The molecule has 0 radical (unpaired) electrons. The molecule has 0 saturated heterocycles. The lowest BCUT2D eigenvalue weighted by molar-refractivity contribution is 0.607. The Kier molecular flexibility index (Phi) is 10.7. The lowest BCUT2D eigenvalue weighted by Gasteiger charge is -2.24. The summed E-state index contributed by atoms with van der Waals surface area (Å²) in [5.41, 5.74) is 22.6. The third-order valence-corrected chi connectivity index (χ3v) is 17.1. The van der Waals surface area contributed by atoms with Crippen molar-refractivity contribution >= 4 is 43.1 Å². The number of benzene rings is 11. The van der Waals surface area contributed by atoms with Crippen molar-refractivity contribution in [2.24, 2.45) is 0 Å². The van der Waals surface area contributed by atoms with E-state index in [0.717, 1.165) is 6.42 Å². The number of hydrogen-bond acceptors (Lipinski definition) is 0. The summed E-state index contributed by atoms with van der Waals surface area (Å²) < 4.78 is 0. The number of fused-ring (bicyclic) bond motifs is 10. The van der Waals surface area contributed by atoms with Crippen LogP contribution in [-0.4, -0.2) is 0 Å². The number of rotatable bonds is 11. The van der Waals surface area contributed by atoms with Gasteiger partial charge >= 0.3 is 0 Å². The second-order valence-electron chi connectivity index (χ2n) is 22.0. The summed E-state index contributed by atoms with van der Waals surface area (Å²) in [6.45, 7) is 11.9. The molecule has 0 amide bonds. The van der Waals surface area contributed by atoms with Gasteiger partial charge < -0.3 is 0 Å². The Morgan fingerprint density at radius 3 is 1.08 bits per heavy atom. The van der Waals surface area contributed by atoms with Crippen LogP contribution >= 0.6 is 0 Å². The van der Waals surface area contributed by atoms with Gasteiger partial charge in [0.15, 0.2) is 0 Å². The summed E-state index contributed by atoms with van der Waals surface area (Å²) in [4.78, 5) is 0. The second kappa shape index (κ2) is 17.3. The van der Waals surface area contributed by atoms with Gasteiger partial charge in [0.1, 0.15) is 0 Å². The predicted octanol–water partition coefficient (Wildman–Crippen LogP) is 20.5. The molecule has 11 aromatic carbocycles. The smallest absolute Gasteiger partial charge is 0.0159 e. The summed E-state index contributed by atoms with van der Waals surface area (Å²) >= 11 is 0. The van der Waals surface area contributed by atoms with Crippen LogP contribution in [0.5, 0.6) is 0 Å². The predicted molar refractivity (Wildman–Crippen MR) is 310 cm³/mol. The minimum absolute atomic E-state index is 0.0386. The Bertz CT molecular complexity index is 3840. The van der Waals surface area contributed by atoms with Crippen molar-refractivity contribution < 1.29 is 0 Å². The molecule has 0 aromatic heterocycles. The molecule has 0 bridgehead atoms. The summed E-state index contributed by atoms with van der Waals surface area (Å²) in [6.07, 6.45) is 9.08. The molecule has 0 heterocycles. The van der Waals surface area contributed by atoms with Crippen LogP contribution in [0.15, 0.2) is 200 Å². The molecule has 72 heavy (non-hydrogen) atoms. The highest BCUT2D eigenvalue weighted by atomic mass is 14.4. The molecule has 0 unspecified atom stereocenters. The minimum atomic E-state index is -0.192. The second-order valence-corrected chi connectivity index (χ2v) is 22.0. The van der Waals surface area contributed by atoms with Gasteiger partial charge in [0.05, 0.1) is 0 Å². The molecule has 0 N–H and O–H groups in total. The van der Waals surface area contributed by atoms with E-state index < -0.39 is 0 Å². The van der Waals surface area contributed by atoms with Gasteiger partial charge in [0.25, 0.3) is 0 Å². The average Bonchev–Trinajstić information content (AvgIpc) is 3.79. The number of unbranched alkanes of at least 4 members (excludes halogenated alkanes) is 5. The van der Waals surface area contributed by atoms with Crippen molar-refractivity contribution in [3.8, 4) is 66.8 Å². The zero-order valence-corrected chi connectivity index (χ0v) is 42.5. The Hall–Kier alpha value is -7.54. The van der Waals surface area contributed by atoms with E-state index >= 15 is 0 Å². The molecule has 2 aliphatic rings. The first-order valence-electron chi connectivity index (χ1n) is 26.7. The van der Waals surface area contributed by atoms with Gasteiger partial charge in [-0.25, -0.2) is 0 Å². The molecular weight excluding hydrogens is 865 g/mol. The highest BCUT2D eigenvalue weighted by Gasteiger charge is 2.38. The van der Waals surface area contributed by atoms with E-state index in [1.54, 1.807) is 0 Å². The van der Waals surface area contributed by atoms with Crippen LogP contribution in [0.3, 0.4) is 0 Å². The van der Waals surface area contributed by atoms with Crippen LogP contribution in [0.4, 0.5) is 0 Å². The van der Waals surface area contributed by atoms with Crippen molar-refractivity contribution in [3.63, 3.8) is 0 Å². The van der Waals surface area contributed by atoms with E-state index in [-0.39, 0.29) is 10.8 Å². The third kappa shape index (κ3) is 6.93. The first kappa shape index (κ1) is 44.4. The molecular formula is C72H62. The van der Waals surface area contributed by atoms with Gasteiger partial charge in [-0.05, 0) is 169 Å². The summed E-state index contributed by atoms with van der Waals surface area (Å²) in [6, 6.07) is 76.8. The van der Waals surface area contributed by atoms with Gasteiger partial charge in [0, 0.05) is 10.8 Å². The molecule has 13 rings (SSSR count). The fourth-order valence-corrected chi connectivity index (χ4v) is 13.3. The summed E-state index contributed by atoms with van der Waals surface area (Å²) in [5, 5.41) is 10.3. The molecule has 0 atom stereocenters. The third-order valence-electron chi connectivity index (χ3n) is 17.1. The van der Waals surface area contributed by atoms with E-state index in [2.05, 4.69) is 235 Å². The van der Waals surface area contributed by atoms with Crippen molar-refractivity contribution in [1.82, 2.24) is 0 Å². The van der Waals surface area contributed by atoms with Gasteiger partial charge in [0.2, 0.25) is 0 Å². The highest BCUT2D eigenvalue weighted by Crippen LogP contribution is 2.55. The van der Waals surface area contributed by atoms with E-state index in [9.17, 15) is 0 Å². The zero-order valence-electron chi connectivity index (χ0n) is 42.5. The van der Waals surface area contributed by atoms with E-state index in [4.69, 9.17) is 0 Å². The SMILES string of the molecule is CCCCCCCCc1ccc(-c2c3ccccc3c(-c3c4ccccc4c(-c4ccc5c(c4)C(C)(C)c4cc(-c6ccc7c(c6)C(C)(C)c6ccccc6-7)ccc4-5)c4ccccc34)c3ccccc23)cc1. The van der Waals surface area contributed by atoms with Gasteiger partial charge in [-0.3, -0.25) is 0 Å². The Morgan fingerprint density at radius 1 is 0.278 bits per heavy atom. The van der Waals surface area contributed by atoms with Crippen LogP contribution < -0.4 is 0 Å². The van der Waals surface area contributed by atoms with Crippen molar-refractivity contribution in [2.45, 2.75) is 90.4 Å². The zero-order chi connectivity index (χ0) is 48.7. The average molecular weight is 927 g/mol. The monoisotopic (exact) mass is 926 g/mol. The van der Waals surface area contributed by atoms with Crippen LogP contribution in [0.25, 0.3) is 110 Å². The normalized spacial score (nSPS) is 14.0. The van der Waals surface area contributed by atoms with Crippen LogP contribution in [0, 0.1) is 0 Å². The number of hydrogen-bond donors (Lipinski definition) is 0. The first-order valence-corrected chi connectivity index (χ1v) is 26.7. The molecule has 0 aliphatic heterocycles. The highest BCUT2D eigenvalue weighted by molar-refractivity contribution is 6.30. The fourth-order valence-electron chi connectivity index (χ4n) is 13.3. The molecule has 0 heteroatoms. The van der Waals surface area contributed by atoms with Crippen LogP contribution in [-0.2, 0) is 17.3 Å². The molecule has 0 nitrogen and oxygen atoms in total. The lowest BCUT2D eigenvalue weighted by Crippen LogP contribution is -2.15. The standard InChI is InChI=1S/C72H62/c1-6-7-8-9-10-11-22-46-33-35-47(36-34-46)67-55-24-12-16-28-59(55)69(60-29-17-13-25-56(60)67)70-61-30-18-14-26-57(61)68(58-27-15-19-31-62(58)70)50-39-42-54-53-41-38-49(44-65(53)72(4,5)66(54)45-50)48-37-40-52-51-23-20-21-32-63(51)71(2,3)64(52)43-48/h12-21,23-45H,6-11,22H2,1-5H3. The van der Waals surface area contributed by atoms with Gasteiger partial charge in [-0.15, -0.1) is 0 Å². The van der Waals surface area contributed by atoms with Crippen LogP contribution in [0.2, 0.25) is 0 Å². The Labute approximate surface area is 426 Å². The molecule has 2 aliphatic carbocycles. The van der Waals surface area contributed by atoms with Gasteiger partial charge in [-0.2, -0.15) is 0 Å². The van der Waals surface area contributed by atoms with Gasteiger partial charge in [-0.1, -0.05) is 249 Å². The van der Waals surface area contributed by atoms with E-state index in [0.29, 0.717) is 0 Å².